The Bertz CT molecular complexity index is 238. The molecule has 2 N–H and O–H groups in total. The predicted molar refractivity (Wildman–Crippen MR) is 78.2 cm³/mol. The molecular formula is C13H28ClN3O. The third-order valence-electron chi connectivity index (χ3n) is 3.57. The van der Waals surface area contributed by atoms with Crippen LogP contribution in [0.5, 0.6) is 0 Å². The molecule has 1 fully saturated rings. The first kappa shape index (κ1) is 17.7. The van der Waals surface area contributed by atoms with Crippen LogP contribution in [-0.2, 0) is 4.79 Å². The molecule has 1 amide bonds. The minimum atomic E-state index is 0. The van der Waals surface area contributed by atoms with Crippen molar-refractivity contribution in [3.05, 3.63) is 0 Å². The van der Waals surface area contributed by atoms with Gasteiger partial charge in [0.15, 0.2) is 0 Å². The molecular weight excluding hydrogens is 250 g/mol. The SMILES string of the molecule is CCCN(CC)CCNC(=O)[C@@H]1CNC[C@H]1C.Cl. The normalized spacial score (nSPS) is 22.9. The monoisotopic (exact) mass is 277 g/mol. The summed E-state index contributed by atoms with van der Waals surface area (Å²) in [5.74, 6) is 0.847. The summed E-state index contributed by atoms with van der Waals surface area (Å²) >= 11 is 0. The first-order valence-corrected chi connectivity index (χ1v) is 6.89. The van der Waals surface area contributed by atoms with E-state index in [9.17, 15) is 4.79 Å². The highest BCUT2D eigenvalue weighted by Crippen LogP contribution is 2.15. The third kappa shape index (κ3) is 5.55. The second-order valence-electron chi connectivity index (χ2n) is 4.97. The molecule has 4 nitrogen and oxygen atoms in total. The van der Waals surface area contributed by atoms with E-state index in [1.807, 2.05) is 0 Å². The lowest BCUT2D eigenvalue weighted by Crippen LogP contribution is -2.39. The van der Waals surface area contributed by atoms with Crippen molar-refractivity contribution in [3.63, 3.8) is 0 Å². The van der Waals surface area contributed by atoms with Crippen LogP contribution in [0.4, 0.5) is 0 Å². The van der Waals surface area contributed by atoms with E-state index in [2.05, 4.69) is 36.3 Å². The fraction of sp³-hybridized carbons (Fsp3) is 0.923. The molecule has 1 rings (SSSR count). The van der Waals surface area contributed by atoms with Gasteiger partial charge in [-0.25, -0.2) is 0 Å². The van der Waals surface area contributed by atoms with Crippen LogP contribution in [0.1, 0.15) is 27.2 Å². The summed E-state index contributed by atoms with van der Waals surface area (Å²) < 4.78 is 0. The van der Waals surface area contributed by atoms with Crippen molar-refractivity contribution in [1.29, 1.82) is 0 Å². The molecule has 0 radical (unpaired) electrons. The summed E-state index contributed by atoms with van der Waals surface area (Å²) in [6.45, 7) is 12.2. The largest absolute Gasteiger partial charge is 0.355 e. The van der Waals surface area contributed by atoms with Gasteiger partial charge in [0.25, 0.3) is 0 Å². The van der Waals surface area contributed by atoms with Gasteiger partial charge in [0.05, 0.1) is 5.92 Å². The van der Waals surface area contributed by atoms with Crippen molar-refractivity contribution in [3.8, 4) is 0 Å². The Morgan fingerprint density at radius 3 is 2.56 bits per heavy atom. The Morgan fingerprint density at radius 2 is 2.06 bits per heavy atom. The smallest absolute Gasteiger partial charge is 0.224 e. The second-order valence-corrected chi connectivity index (χ2v) is 4.97. The van der Waals surface area contributed by atoms with E-state index in [4.69, 9.17) is 0 Å². The lowest BCUT2D eigenvalue weighted by molar-refractivity contribution is -0.125. The molecule has 1 heterocycles. The van der Waals surface area contributed by atoms with Gasteiger partial charge in [-0.15, -0.1) is 12.4 Å². The maximum absolute atomic E-state index is 11.9. The summed E-state index contributed by atoms with van der Waals surface area (Å²) in [7, 11) is 0. The minimum Gasteiger partial charge on any atom is -0.355 e. The van der Waals surface area contributed by atoms with Crippen LogP contribution in [0.3, 0.4) is 0 Å². The van der Waals surface area contributed by atoms with Gasteiger partial charge < -0.3 is 15.5 Å². The molecule has 0 aromatic heterocycles. The molecule has 0 unspecified atom stereocenters. The van der Waals surface area contributed by atoms with Crippen LogP contribution in [-0.4, -0.2) is 50.1 Å². The number of hydrogen-bond acceptors (Lipinski definition) is 3. The Hall–Kier alpha value is -0.320. The van der Waals surface area contributed by atoms with Gasteiger partial charge in [0.2, 0.25) is 5.91 Å². The van der Waals surface area contributed by atoms with Crippen molar-refractivity contribution in [2.24, 2.45) is 11.8 Å². The van der Waals surface area contributed by atoms with Gasteiger partial charge in [0.1, 0.15) is 0 Å². The fourth-order valence-corrected chi connectivity index (χ4v) is 2.37. The van der Waals surface area contributed by atoms with Crippen molar-refractivity contribution < 1.29 is 4.79 Å². The van der Waals surface area contributed by atoms with E-state index in [0.29, 0.717) is 5.92 Å². The quantitative estimate of drug-likeness (QED) is 0.733. The summed E-state index contributed by atoms with van der Waals surface area (Å²) in [6.07, 6.45) is 1.17. The molecule has 0 spiro atoms. The maximum atomic E-state index is 11.9. The van der Waals surface area contributed by atoms with Gasteiger partial charge in [0, 0.05) is 19.6 Å². The molecule has 2 atom stereocenters. The van der Waals surface area contributed by atoms with E-state index >= 15 is 0 Å². The van der Waals surface area contributed by atoms with Gasteiger partial charge >= 0.3 is 0 Å². The molecule has 1 aliphatic heterocycles. The van der Waals surface area contributed by atoms with Crippen LogP contribution in [0.15, 0.2) is 0 Å². The molecule has 0 aromatic carbocycles. The van der Waals surface area contributed by atoms with Crippen LogP contribution in [0.2, 0.25) is 0 Å². The van der Waals surface area contributed by atoms with Crippen molar-refractivity contribution in [2.45, 2.75) is 27.2 Å². The maximum Gasteiger partial charge on any atom is 0.224 e. The topological polar surface area (TPSA) is 44.4 Å². The summed E-state index contributed by atoms with van der Waals surface area (Å²) in [5, 5.41) is 6.32. The molecule has 0 aromatic rings. The van der Waals surface area contributed by atoms with E-state index < -0.39 is 0 Å². The van der Waals surface area contributed by atoms with Gasteiger partial charge in [-0.1, -0.05) is 20.8 Å². The Morgan fingerprint density at radius 1 is 1.33 bits per heavy atom. The molecule has 108 valence electrons. The zero-order valence-electron chi connectivity index (χ0n) is 11.9. The summed E-state index contributed by atoms with van der Waals surface area (Å²) in [5.41, 5.74) is 0. The first-order valence-electron chi connectivity index (χ1n) is 6.89. The first-order chi connectivity index (χ1) is 8.19. The number of nitrogens with zero attached hydrogens (tertiary/aromatic N) is 1. The summed E-state index contributed by atoms with van der Waals surface area (Å²) in [6, 6.07) is 0. The molecule has 1 aliphatic rings. The third-order valence-corrected chi connectivity index (χ3v) is 3.57. The number of carbonyl (C=O) groups excluding carboxylic acids is 1. The van der Waals surface area contributed by atoms with Gasteiger partial charge in [-0.3, -0.25) is 4.79 Å². The number of hydrogen-bond donors (Lipinski definition) is 2. The molecule has 0 aliphatic carbocycles. The number of likely N-dealkylation sites (N-methyl/N-ethyl adjacent to an activating group) is 1. The Balaban J connectivity index is 0.00000289. The zero-order valence-corrected chi connectivity index (χ0v) is 12.7. The molecule has 1 saturated heterocycles. The summed E-state index contributed by atoms with van der Waals surface area (Å²) in [4.78, 5) is 14.3. The molecule has 0 saturated carbocycles. The van der Waals surface area contributed by atoms with Crippen molar-refractivity contribution in [1.82, 2.24) is 15.5 Å². The predicted octanol–water partition coefficient (Wildman–Crippen LogP) is 1.11. The zero-order chi connectivity index (χ0) is 12.7. The molecule has 0 bridgehead atoms. The highest BCUT2D eigenvalue weighted by Gasteiger charge is 2.29. The lowest BCUT2D eigenvalue weighted by atomic mass is 9.97. The second kappa shape index (κ2) is 9.59. The van der Waals surface area contributed by atoms with E-state index in [0.717, 1.165) is 39.3 Å². The minimum absolute atomic E-state index is 0. The van der Waals surface area contributed by atoms with E-state index in [1.165, 1.54) is 6.42 Å². The molecule has 5 heteroatoms. The van der Waals surface area contributed by atoms with Crippen LogP contribution in [0, 0.1) is 11.8 Å². The van der Waals surface area contributed by atoms with Crippen LogP contribution < -0.4 is 10.6 Å². The number of amides is 1. The highest BCUT2D eigenvalue weighted by molar-refractivity contribution is 5.85. The number of carbonyl (C=O) groups is 1. The number of nitrogens with one attached hydrogen (secondary N) is 2. The number of rotatable bonds is 7. The van der Waals surface area contributed by atoms with Crippen molar-refractivity contribution in [2.75, 3.05) is 39.3 Å². The van der Waals surface area contributed by atoms with E-state index in [-0.39, 0.29) is 24.2 Å². The van der Waals surface area contributed by atoms with Crippen molar-refractivity contribution >= 4 is 18.3 Å². The standard InChI is InChI=1S/C13H27N3O.ClH/c1-4-7-16(5-2)8-6-15-13(17)12-10-14-9-11(12)3;/h11-12,14H,4-10H2,1-3H3,(H,15,17);1H/t11-,12-;/m1./s1. The fourth-order valence-electron chi connectivity index (χ4n) is 2.37. The van der Waals surface area contributed by atoms with Crippen LogP contribution in [0.25, 0.3) is 0 Å². The number of halogens is 1. The highest BCUT2D eigenvalue weighted by atomic mass is 35.5. The van der Waals surface area contributed by atoms with Gasteiger partial charge in [-0.05, 0) is 32.0 Å². The lowest BCUT2D eigenvalue weighted by Gasteiger charge is -2.20. The Kier molecular flexibility index (Phi) is 9.42. The Labute approximate surface area is 117 Å². The average Bonchev–Trinajstić information content (AvgIpc) is 2.74. The molecule has 18 heavy (non-hydrogen) atoms. The average molecular weight is 278 g/mol. The van der Waals surface area contributed by atoms with Gasteiger partial charge in [-0.2, -0.15) is 0 Å². The van der Waals surface area contributed by atoms with E-state index in [1.54, 1.807) is 0 Å². The van der Waals surface area contributed by atoms with Crippen LogP contribution >= 0.6 is 12.4 Å².